The Hall–Kier alpha value is -5.92. The molecule has 0 amide bonds. The number of methoxy groups -OCH3 is 2. The van der Waals surface area contributed by atoms with Crippen LogP contribution in [0, 0.1) is 108 Å². The number of ether oxygens (including phenoxy) is 2. The summed E-state index contributed by atoms with van der Waals surface area (Å²) in [7, 11) is 3.34. The van der Waals surface area contributed by atoms with E-state index in [9.17, 15) is 0 Å². The molecule has 2 heteroatoms. The van der Waals surface area contributed by atoms with Gasteiger partial charge in [0, 0.05) is 0 Å². The Morgan fingerprint density at radius 1 is 0.471 bits per heavy atom. The number of benzene rings is 2. The molecule has 2 aromatic carbocycles. The molecule has 0 fully saturated rings. The van der Waals surface area contributed by atoms with E-state index in [4.69, 9.17) is 22.3 Å². The lowest BCUT2D eigenvalue weighted by Gasteiger charge is -2.05. The molecule has 0 aliphatic rings. The molecule has 0 unspecified atom stereocenters. The van der Waals surface area contributed by atoms with Crippen LogP contribution in [0.25, 0.3) is 11.1 Å². The van der Waals surface area contributed by atoms with Crippen LogP contribution in [0.1, 0.15) is 0 Å². The summed E-state index contributed by atoms with van der Waals surface area (Å²) >= 11 is 0. The molecular formula is C32H16O2. The Bertz CT molecular complexity index is 1440. The molecule has 2 aromatic rings. The number of rotatable bonds is 3. The first-order chi connectivity index (χ1) is 16.7. The third-order valence-corrected chi connectivity index (χ3v) is 3.45. The zero-order valence-corrected chi connectivity index (χ0v) is 18.6. The molecule has 0 saturated carbocycles. The highest BCUT2D eigenvalue weighted by Gasteiger charge is 1.99. The maximum absolute atomic E-state index is 5.20. The van der Waals surface area contributed by atoms with Crippen molar-refractivity contribution in [1.82, 2.24) is 0 Å². The van der Waals surface area contributed by atoms with E-state index in [-0.39, 0.29) is 0 Å². The minimum absolute atomic E-state index is 0.867. The zero-order valence-electron chi connectivity index (χ0n) is 18.6. The molecule has 2 nitrogen and oxygen atoms in total. The standard InChI is InChI=1S/C18H2.C14H14O2/c1-3-5-7-9-11-13-15-17-18-16-14-12-10-8-6-4-2;1-15-13-8-6-11(7-9-13)12-4-3-5-14(10-12)16-2/h1-2H;3-10H,1-2H3. The molecule has 0 radical (unpaired) electrons. The van der Waals surface area contributed by atoms with Gasteiger partial charge in [0.1, 0.15) is 11.5 Å². The van der Waals surface area contributed by atoms with E-state index in [1.807, 2.05) is 42.5 Å². The van der Waals surface area contributed by atoms with Crippen molar-refractivity contribution in [3.63, 3.8) is 0 Å². The van der Waals surface area contributed by atoms with Crippen molar-refractivity contribution in [1.29, 1.82) is 0 Å². The summed E-state index contributed by atoms with van der Waals surface area (Å²) in [6, 6.07) is 16.0. The molecule has 0 aliphatic carbocycles. The second-order valence-corrected chi connectivity index (χ2v) is 5.50. The number of hydrogen-bond donors (Lipinski definition) is 0. The average Bonchev–Trinajstić information content (AvgIpc) is 2.89. The molecule has 156 valence electrons. The van der Waals surface area contributed by atoms with Crippen LogP contribution in [-0.2, 0) is 0 Å². The predicted molar refractivity (Wildman–Crippen MR) is 137 cm³/mol. The van der Waals surface area contributed by atoms with Gasteiger partial charge in [-0.05, 0) is 130 Å². The molecule has 0 aromatic heterocycles. The highest BCUT2D eigenvalue weighted by atomic mass is 16.5. The Morgan fingerprint density at radius 2 is 0.882 bits per heavy atom. The van der Waals surface area contributed by atoms with Gasteiger partial charge in [-0.15, -0.1) is 12.8 Å². The second kappa shape index (κ2) is 17.9. The molecule has 0 aliphatic heterocycles. The van der Waals surface area contributed by atoms with Gasteiger partial charge in [0.15, 0.2) is 0 Å². The van der Waals surface area contributed by atoms with Crippen LogP contribution in [-0.4, -0.2) is 14.2 Å². The molecule has 34 heavy (non-hydrogen) atoms. The first-order valence-corrected chi connectivity index (χ1v) is 9.44. The molecular weight excluding hydrogens is 416 g/mol. The van der Waals surface area contributed by atoms with E-state index >= 15 is 0 Å². The van der Waals surface area contributed by atoms with E-state index in [0.29, 0.717) is 0 Å². The fraction of sp³-hybridized carbons (Fsp3) is 0.0625. The van der Waals surface area contributed by atoms with Crippen molar-refractivity contribution in [3.8, 4) is 130 Å². The second-order valence-electron chi connectivity index (χ2n) is 5.50. The normalized spacial score (nSPS) is 6.59. The van der Waals surface area contributed by atoms with Gasteiger partial charge >= 0.3 is 0 Å². The van der Waals surface area contributed by atoms with E-state index < -0.39 is 0 Å². The van der Waals surface area contributed by atoms with Crippen molar-refractivity contribution >= 4 is 0 Å². The largest absolute Gasteiger partial charge is 0.497 e. The van der Waals surface area contributed by atoms with E-state index in [0.717, 1.165) is 22.6 Å². The van der Waals surface area contributed by atoms with Crippen LogP contribution in [0.5, 0.6) is 11.5 Å². The Labute approximate surface area is 202 Å². The van der Waals surface area contributed by atoms with Crippen LogP contribution in [0.4, 0.5) is 0 Å². The average molecular weight is 432 g/mol. The maximum atomic E-state index is 5.20. The van der Waals surface area contributed by atoms with Crippen LogP contribution in [0.3, 0.4) is 0 Å². The monoisotopic (exact) mass is 432 g/mol. The molecule has 0 atom stereocenters. The van der Waals surface area contributed by atoms with E-state index in [2.05, 4.69) is 101 Å². The van der Waals surface area contributed by atoms with Gasteiger partial charge in [0.05, 0.1) is 14.2 Å². The van der Waals surface area contributed by atoms with Crippen LogP contribution in [0.2, 0.25) is 0 Å². The number of terminal acetylenes is 2. The van der Waals surface area contributed by atoms with Crippen molar-refractivity contribution in [2.45, 2.75) is 0 Å². The van der Waals surface area contributed by atoms with Crippen LogP contribution >= 0.6 is 0 Å². The quantitative estimate of drug-likeness (QED) is 0.690. The fourth-order valence-electron chi connectivity index (χ4n) is 2.03. The van der Waals surface area contributed by atoms with Crippen molar-refractivity contribution in [2.24, 2.45) is 0 Å². The third-order valence-electron chi connectivity index (χ3n) is 3.45. The Kier molecular flexibility index (Phi) is 13.7. The first kappa shape index (κ1) is 26.1. The summed E-state index contributed by atoms with van der Waals surface area (Å²) in [6.45, 7) is 0. The summed E-state index contributed by atoms with van der Waals surface area (Å²) in [5, 5.41) is 0. The summed E-state index contributed by atoms with van der Waals surface area (Å²) < 4.78 is 10.3. The minimum Gasteiger partial charge on any atom is -0.497 e. The molecule has 0 heterocycles. The smallest absolute Gasteiger partial charge is 0.119 e. The Morgan fingerprint density at radius 3 is 1.26 bits per heavy atom. The lowest BCUT2D eigenvalue weighted by molar-refractivity contribution is 0.414. The van der Waals surface area contributed by atoms with Crippen molar-refractivity contribution < 1.29 is 9.47 Å². The highest BCUT2D eigenvalue weighted by molar-refractivity contribution is 5.65. The molecule has 0 bridgehead atoms. The van der Waals surface area contributed by atoms with Crippen LogP contribution in [0.15, 0.2) is 48.5 Å². The van der Waals surface area contributed by atoms with E-state index in [1.54, 1.807) is 14.2 Å². The Balaban J connectivity index is 0.000000341. The molecule has 0 saturated heterocycles. The van der Waals surface area contributed by atoms with Gasteiger partial charge in [-0.2, -0.15) is 0 Å². The fourth-order valence-corrected chi connectivity index (χ4v) is 2.03. The number of hydrogen-bond acceptors (Lipinski definition) is 2. The SMILES string of the molecule is C#CC#CC#CC#CC#CC#CC#CC#CC#C.COc1ccc(-c2cccc(OC)c2)cc1. The summed E-state index contributed by atoms with van der Waals surface area (Å²) in [4.78, 5) is 0. The summed E-state index contributed by atoms with van der Waals surface area (Å²) in [5.41, 5.74) is 2.29. The van der Waals surface area contributed by atoms with Crippen molar-refractivity contribution in [2.75, 3.05) is 14.2 Å². The molecule has 0 spiro atoms. The zero-order chi connectivity index (χ0) is 24.7. The summed E-state index contributed by atoms with van der Waals surface area (Å²) in [6.07, 6.45) is 9.76. The maximum Gasteiger partial charge on any atom is 0.119 e. The van der Waals surface area contributed by atoms with Gasteiger partial charge in [-0.3, -0.25) is 0 Å². The lowest BCUT2D eigenvalue weighted by atomic mass is 10.1. The van der Waals surface area contributed by atoms with Gasteiger partial charge < -0.3 is 9.47 Å². The van der Waals surface area contributed by atoms with Gasteiger partial charge in [0.2, 0.25) is 0 Å². The predicted octanol–water partition coefficient (Wildman–Crippen LogP) is 3.65. The van der Waals surface area contributed by atoms with Gasteiger partial charge in [-0.25, -0.2) is 0 Å². The first-order valence-electron chi connectivity index (χ1n) is 9.44. The summed E-state index contributed by atoms with van der Waals surface area (Å²) in [5.74, 6) is 40.0. The van der Waals surface area contributed by atoms with Gasteiger partial charge in [-0.1, -0.05) is 24.3 Å². The van der Waals surface area contributed by atoms with Gasteiger partial charge in [0.25, 0.3) is 0 Å². The lowest BCUT2D eigenvalue weighted by Crippen LogP contribution is -1.85. The minimum atomic E-state index is 0.867. The van der Waals surface area contributed by atoms with Crippen molar-refractivity contribution in [3.05, 3.63) is 48.5 Å². The van der Waals surface area contributed by atoms with E-state index in [1.165, 1.54) is 0 Å². The van der Waals surface area contributed by atoms with Crippen LogP contribution < -0.4 is 9.47 Å². The third kappa shape index (κ3) is 11.9. The highest BCUT2D eigenvalue weighted by Crippen LogP contribution is 2.25. The topological polar surface area (TPSA) is 18.5 Å². The molecule has 0 N–H and O–H groups in total. The molecule has 2 rings (SSSR count).